The van der Waals surface area contributed by atoms with Crippen LogP contribution in [-0.2, 0) is 0 Å². The molecule has 1 aliphatic rings. The lowest BCUT2D eigenvalue weighted by Gasteiger charge is -2.35. The summed E-state index contributed by atoms with van der Waals surface area (Å²) >= 11 is 1.59. The van der Waals surface area contributed by atoms with Crippen molar-refractivity contribution in [2.45, 2.75) is 26.2 Å². The molecule has 0 radical (unpaired) electrons. The smallest absolute Gasteiger partial charge is 0.162 e. The van der Waals surface area contributed by atoms with Crippen molar-refractivity contribution >= 4 is 33.2 Å². The molecule has 32 heavy (non-hydrogen) atoms. The monoisotopic (exact) mass is 453 g/mol. The van der Waals surface area contributed by atoms with Gasteiger partial charge in [0, 0.05) is 43.5 Å². The van der Waals surface area contributed by atoms with E-state index in [0.717, 1.165) is 51.4 Å². The molecular weight excluding hydrogens is 422 g/mol. The maximum atomic E-state index is 11.9. The van der Waals surface area contributed by atoms with Crippen molar-refractivity contribution < 1.29 is 14.3 Å². The minimum atomic E-state index is 0.109. The van der Waals surface area contributed by atoms with Gasteiger partial charge in [-0.3, -0.25) is 9.69 Å². The minimum Gasteiger partial charge on any atom is -0.493 e. The number of aromatic nitrogens is 1. The summed E-state index contributed by atoms with van der Waals surface area (Å²) in [5.74, 6) is 2.57. The number of fused-ring (bicyclic) bond motifs is 1. The van der Waals surface area contributed by atoms with Gasteiger partial charge in [0.25, 0.3) is 0 Å². The van der Waals surface area contributed by atoms with Crippen molar-refractivity contribution in [3.63, 3.8) is 0 Å². The first-order chi connectivity index (χ1) is 15.7. The van der Waals surface area contributed by atoms with Gasteiger partial charge in [-0.05, 0) is 61.3 Å². The Labute approximate surface area is 193 Å². The van der Waals surface area contributed by atoms with E-state index in [0.29, 0.717) is 30.1 Å². The summed E-state index contributed by atoms with van der Waals surface area (Å²) in [4.78, 5) is 16.8. The summed E-state index contributed by atoms with van der Waals surface area (Å²) in [6, 6.07) is 13.9. The number of carbonyl (C=O) groups is 1. The van der Waals surface area contributed by atoms with Crippen molar-refractivity contribution in [3.8, 4) is 11.5 Å². The van der Waals surface area contributed by atoms with E-state index in [1.165, 1.54) is 10.1 Å². The molecule has 0 atom stereocenters. The van der Waals surface area contributed by atoms with Gasteiger partial charge < -0.3 is 14.4 Å². The predicted octanol–water partition coefficient (Wildman–Crippen LogP) is 4.88. The topological polar surface area (TPSA) is 54.9 Å². The number of benzene rings is 2. The quantitative estimate of drug-likeness (QED) is 0.322. The van der Waals surface area contributed by atoms with Crippen molar-refractivity contribution in [2.24, 2.45) is 0 Å². The molecule has 7 heteroatoms. The van der Waals surface area contributed by atoms with Crippen LogP contribution in [0.4, 0.5) is 5.82 Å². The number of rotatable bonds is 10. The zero-order chi connectivity index (χ0) is 22.3. The van der Waals surface area contributed by atoms with Gasteiger partial charge in [0.05, 0.1) is 18.4 Å². The number of Topliss-reactive ketones (excluding diaryl/α,β-unsaturated/α-hetero) is 1. The highest BCUT2D eigenvalue weighted by Gasteiger charge is 2.20. The Bertz CT molecular complexity index is 1040. The Kier molecular flexibility index (Phi) is 7.60. The van der Waals surface area contributed by atoms with E-state index < -0.39 is 0 Å². The van der Waals surface area contributed by atoms with E-state index in [1.54, 1.807) is 24.7 Å². The maximum Gasteiger partial charge on any atom is 0.162 e. The summed E-state index contributed by atoms with van der Waals surface area (Å²) in [6.07, 6.45) is 2.56. The molecule has 2 heterocycles. The molecule has 1 aliphatic heterocycles. The van der Waals surface area contributed by atoms with Crippen molar-refractivity contribution in [1.82, 2.24) is 9.27 Å². The molecule has 3 aromatic rings. The second-order valence-electron chi connectivity index (χ2n) is 8.03. The first-order valence-corrected chi connectivity index (χ1v) is 12.1. The fourth-order valence-electron chi connectivity index (χ4n) is 4.07. The number of methoxy groups -OCH3 is 1. The lowest BCUT2D eigenvalue weighted by molar-refractivity contribution is 0.0987. The molecule has 0 saturated carbocycles. The Morgan fingerprint density at radius 2 is 1.88 bits per heavy atom. The average molecular weight is 454 g/mol. The Hall–Kier alpha value is -2.64. The number of carbonyl (C=O) groups excluding carboxylic acids is 1. The third-order valence-corrected chi connectivity index (χ3v) is 6.78. The maximum absolute atomic E-state index is 11.9. The third kappa shape index (κ3) is 5.22. The van der Waals surface area contributed by atoms with E-state index in [-0.39, 0.29) is 5.78 Å². The molecule has 0 amide bonds. The largest absolute Gasteiger partial charge is 0.493 e. The van der Waals surface area contributed by atoms with E-state index in [9.17, 15) is 4.79 Å². The molecular formula is C25H31N3O3S. The van der Waals surface area contributed by atoms with E-state index in [4.69, 9.17) is 13.8 Å². The van der Waals surface area contributed by atoms with Gasteiger partial charge in [-0.25, -0.2) is 0 Å². The van der Waals surface area contributed by atoms with Crippen LogP contribution in [0.5, 0.6) is 11.5 Å². The van der Waals surface area contributed by atoms with Crippen LogP contribution in [0, 0.1) is 0 Å². The van der Waals surface area contributed by atoms with Crippen LogP contribution in [0.2, 0.25) is 0 Å². The zero-order valence-corrected chi connectivity index (χ0v) is 19.7. The van der Waals surface area contributed by atoms with Gasteiger partial charge in [0.1, 0.15) is 5.82 Å². The molecule has 6 nitrogen and oxygen atoms in total. The summed E-state index contributed by atoms with van der Waals surface area (Å²) in [7, 11) is 1.61. The Morgan fingerprint density at radius 3 is 2.66 bits per heavy atom. The molecule has 0 N–H and O–H groups in total. The zero-order valence-electron chi connectivity index (χ0n) is 18.9. The van der Waals surface area contributed by atoms with Crippen LogP contribution in [0.25, 0.3) is 10.1 Å². The molecule has 170 valence electrons. The van der Waals surface area contributed by atoms with Crippen LogP contribution in [0.3, 0.4) is 0 Å². The van der Waals surface area contributed by atoms with Crippen LogP contribution >= 0.6 is 11.5 Å². The molecule has 1 fully saturated rings. The fraction of sp³-hybridized carbons (Fsp3) is 0.440. The minimum absolute atomic E-state index is 0.109. The number of ketones is 1. The first kappa shape index (κ1) is 22.6. The number of ether oxygens (including phenoxy) is 2. The standard InChI is InChI=1S/C25H31N3O3S/c1-3-21(29)19-10-11-22(23(18-19)30-2)31-17-7-6-12-27-13-15-28(16-14-27)25-20-8-4-5-9-24(20)32-26-25/h4-5,8-11,18H,3,6-7,12-17H2,1-2H3. The summed E-state index contributed by atoms with van der Waals surface area (Å²) in [5.41, 5.74) is 0.668. The van der Waals surface area contributed by atoms with Crippen molar-refractivity contribution in [3.05, 3.63) is 48.0 Å². The first-order valence-electron chi connectivity index (χ1n) is 11.4. The average Bonchev–Trinajstić information content (AvgIpc) is 3.28. The molecule has 0 aliphatic carbocycles. The summed E-state index contributed by atoms with van der Waals surface area (Å²) in [6.45, 7) is 7.74. The third-order valence-electron chi connectivity index (χ3n) is 5.96. The van der Waals surface area contributed by atoms with Crippen LogP contribution in [-0.4, -0.2) is 61.5 Å². The predicted molar refractivity (Wildman–Crippen MR) is 131 cm³/mol. The SMILES string of the molecule is CCC(=O)c1ccc(OCCCCN2CCN(c3nsc4ccccc34)CC2)c(OC)c1. The Balaban J connectivity index is 1.18. The van der Waals surface area contributed by atoms with Gasteiger partial charge in [-0.1, -0.05) is 19.1 Å². The molecule has 4 rings (SSSR count). The Morgan fingerprint density at radius 1 is 1.06 bits per heavy atom. The van der Waals surface area contributed by atoms with Crippen LogP contribution in [0.15, 0.2) is 42.5 Å². The number of hydrogen-bond acceptors (Lipinski definition) is 7. The molecule has 2 aromatic carbocycles. The van der Waals surface area contributed by atoms with Gasteiger partial charge in [-0.15, -0.1) is 0 Å². The number of piperazine rings is 1. The second kappa shape index (κ2) is 10.8. The highest BCUT2D eigenvalue weighted by Crippen LogP contribution is 2.30. The normalized spacial score (nSPS) is 14.6. The number of unbranched alkanes of at least 4 members (excludes halogenated alkanes) is 1. The number of hydrogen-bond donors (Lipinski definition) is 0. The van der Waals surface area contributed by atoms with E-state index >= 15 is 0 Å². The lowest BCUT2D eigenvalue weighted by Crippen LogP contribution is -2.46. The van der Waals surface area contributed by atoms with Gasteiger partial charge in [0.2, 0.25) is 0 Å². The number of nitrogens with zero attached hydrogens (tertiary/aromatic N) is 3. The van der Waals surface area contributed by atoms with E-state index in [2.05, 4.69) is 34.1 Å². The summed E-state index contributed by atoms with van der Waals surface area (Å²) in [5, 5.41) is 1.27. The van der Waals surface area contributed by atoms with Crippen molar-refractivity contribution in [1.29, 1.82) is 0 Å². The second-order valence-corrected chi connectivity index (χ2v) is 8.83. The van der Waals surface area contributed by atoms with Gasteiger partial charge >= 0.3 is 0 Å². The van der Waals surface area contributed by atoms with Crippen LogP contribution in [0.1, 0.15) is 36.5 Å². The van der Waals surface area contributed by atoms with Crippen LogP contribution < -0.4 is 14.4 Å². The molecule has 1 aromatic heterocycles. The summed E-state index contributed by atoms with van der Waals surface area (Å²) < 4.78 is 17.3. The highest BCUT2D eigenvalue weighted by atomic mass is 32.1. The van der Waals surface area contributed by atoms with Gasteiger partial charge in [0.15, 0.2) is 17.3 Å². The van der Waals surface area contributed by atoms with E-state index in [1.807, 2.05) is 19.1 Å². The lowest BCUT2D eigenvalue weighted by atomic mass is 10.1. The molecule has 0 unspecified atom stereocenters. The molecule has 0 bridgehead atoms. The molecule has 0 spiro atoms. The van der Waals surface area contributed by atoms with Crippen molar-refractivity contribution in [2.75, 3.05) is 51.3 Å². The fourth-order valence-corrected chi connectivity index (χ4v) is 4.86. The highest BCUT2D eigenvalue weighted by molar-refractivity contribution is 7.13. The van der Waals surface area contributed by atoms with Gasteiger partial charge in [-0.2, -0.15) is 4.37 Å². The molecule has 1 saturated heterocycles. The number of anilines is 1.